The smallest absolute Gasteiger partial charge is 0.377 e. The molecule has 68 heavy (non-hydrogen) atoms. The Morgan fingerprint density at radius 2 is 1.00 bits per heavy atom. The van der Waals surface area contributed by atoms with Gasteiger partial charge in [-0.25, -0.2) is 32.9 Å². The van der Waals surface area contributed by atoms with Gasteiger partial charge in [-0.3, -0.25) is 24.0 Å². The summed E-state index contributed by atoms with van der Waals surface area (Å²) >= 11 is 0. The maximum Gasteiger partial charge on any atom is 0.377 e. The Labute approximate surface area is 389 Å². The molecule has 348 valence electrons. The van der Waals surface area contributed by atoms with Crippen molar-refractivity contribution in [3.8, 4) is 11.6 Å². The minimum absolute atomic E-state index is 0. The van der Waals surface area contributed by atoms with Gasteiger partial charge in [0.1, 0.15) is 0 Å². The average molecular weight is 949 g/mol. The van der Waals surface area contributed by atoms with Crippen LogP contribution in [0.4, 0.5) is 8.78 Å². The summed E-state index contributed by atoms with van der Waals surface area (Å²) < 4.78 is 31.1. The van der Waals surface area contributed by atoms with Crippen LogP contribution in [0.15, 0.2) is 110 Å². The third kappa shape index (κ3) is 9.97. The van der Waals surface area contributed by atoms with Gasteiger partial charge in [-0.05, 0) is 24.3 Å². The number of amides is 3. The number of nitrogens with one attached hydrogen (secondary N) is 3. The Morgan fingerprint density at radius 1 is 0.574 bits per heavy atom. The first-order valence-electron chi connectivity index (χ1n) is 20.6. The van der Waals surface area contributed by atoms with Crippen molar-refractivity contribution < 1.29 is 42.7 Å². The number of ketones is 2. The first-order chi connectivity index (χ1) is 32.5. The number of pyridine rings is 2. The van der Waals surface area contributed by atoms with Crippen LogP contribution in [0.2, 0.25) is 0 Å². The van der Waals surface area contributed by atoms with E-state index < -0.39 is 35.1 Å². The van der Waals surface area contributed by atoms with Gasteiger partial charge in [0.25, 0.3) is 29.3 Å². The zero-order chi connectivity index (χ0) is 47.0. The molecule has 2 aliphatic heterocycles. The van der Waals surface area contributed by atoms with Gasteiger partial charge in [0, 0.05) is 75.9 Å². The van der Waals surface area contributed by atoms with Crippen LogP contribution in [0.5, 0.6) is 0 Å². The highest BCUT2D eigenvalue weighted by Gasteiger charge is 2.31. The monoisotopic (exact) mass is 948 g/mol. The predicted octanol–water partition coefficient (Wildman–Crippen LogP) is 3.15. The number of fused-ring (bicyclic) bond motifs is 2. The molecule has 24 heteroatoms. The molecule has 10 rings (SSSR count). The number of piperazine rings is 2. The van der Waals surface area contributed by atoms with Crippen LogP contribution in [0.3, 0.4) is 0 Å². The SMILES string of the molecule is Cl.O=C(C(=O)N1CCN(C(=O)c2ccccc2)CC1)c1c[nH]c2c(-n3ccnn3)ncc(F)c12.O=C(O)C(=O)c1c[nH]c2c(-n3ccnn3)ncc(F)c12.O=C(c1ccccc1)N1CCNCC1. The molecular formula is C44H39ClF2N14O7. The van der Waals surface area contributed by atoms with E-state index in [9.17, 15) is 37.5 Å². The number of Topliss-reactive ketones (excluding diaryl/α,β-unsaturated/α-hetero) is 2. The second-order valence-corrected chi connectivity index (χ2v) is 14.8. The number of carboxylic acids is 1. The number of rotatable bonds is 8. The second kappa shape index (κ2) is 21.2. The number of nitrogens with zero attached hydrogens (tertiary/aromatic N) is 11. The minimum Gasteiger partial charge on any atom is -0.475 e. The van der Waals surface area contributed by atoms with E-state index in [2.05, 4.69) is 45.9 Å². The highest BCUT2D eigenvalue weighted by atomic mass is 35.5. The molecule has 2 fully saturated rings. The molecule has 8 heterocycles. The van der Waals surface area contributed by atoms with E-state index in [1.807, 2.05) is 41.3 Å². The van der Waals surface area contributed by atoms with Gasteiger partial charge < -0.3 is 35.1 Å². The maximum absolute atomic E-state index is 14.6. The molecular weight excluding hydrogens is 910 g/mol. The molecule has 6 aromatic heterocycles. The fraction of sp³-hybridized carbons (Fsp3) is 0.182. The van der Waals surface area contributed by atoms with Crippen molar-refractivity contribution in [3.05, 3.63) is 144 Å². The summed E-state index contributed by atoms with van der Waals surface area (Å²) in [7, 11) is 0. The molecule has 21 nitrogen and oxygen atoms in total. The molecule has 0 radical (unpaired) electrons. The molecule has 4 N–H and O–H groups in total. The lowest BCUT2D eigenvalue weighted by Crippen LogP contribution is -2.52. The van der Waals surface area contributed by atoms with E-state index in [1.54, 1.807) is 29.2 Å². The number of carbonyl (C=O) groups is 6. The van der Waals surface area contributed by atoms with Crippen molar-refractivity contribution in [2.24, 2.45) is 0 Å². The van der Waals surface area contributed by atoms with E-state index in [0.29, 0.717) is 18.7 Å². The molecule has 2 saturated heterocycles. The summed E-state index contributed by atoms with van der Waals surface area (Å²) in [6, 6.07) is 18.3. The molecule has 0 aliphatic carbocycles. The number of benzene rings is 2. The van der Waals surface area contributed by atoms with Crippen molar-refractivity contribution in [2.45, 2.75) is 0 Å². The van der Waals surface area contributed by atoms with Crippen molar-refractivity contribution >= 4 is 69.5 Å². The largest absolute Gasteiger partial charge is 0.475 e. The van der Waals surface area contributed by atoms with E-state index in [0.717, 1.165) is 50.3 Å². The van der Waals surface area contributed by atoms with Gasteiger partial charge in [-0.1, -0.05) is 46.8 Å². The first-order valence-corrected chi connectivity index (χ1v) is 20.6. The van der Waals surface area contributed by atoms with Crippen molar-refractivity contribution in [3.63, 3.8) is 0 Å². The van der Waals surface area contributed by atoms with Gasteiger partial charge in [0.2, 0.25) is 0 Å². The number of aromatic amines is 2. The average Bonchev–Trinajstić information content (AvgIpc) is 4.24. The molecule has 0 atom stereocenters. The third-order valence-electron chi connectivity index (χ3n) is 10.7. The van der Waals surface area contributed by atoms with E-state index in [1.165, 1.54) is 45.2 Å². The Morgan fingerprint density at radius 3 is 1.43 bits per heavy atom. The summed E-state index contributed by atoms with van der Waals surface area (Å²) in [5.74, 6) is -5.49. The summed E-state index contributed by atoms with van der Waals surface area (Å²) in [5, 5.41) is 26.6. The first kappa shape index (κ1) is 47.4. The highest BCUT2D eigenvalue weighted by molar-refractivity contribution is 6.45. The number of carbonyl (C=O) groups excluding carboxylic acids is 5. The molecule has 0 spiro atoms. The number of halogens is 3. The highest BCUT2D eigenvalue weighted by Crippen LogP contribution is 2.27. The summed E-state index contributed by atoms with van der Waals surface area (Å²) in [5.41, 5.74) is 1.40. The normalized spacial score (nSPS) is 13.4. The summed E-state index contributed by atoms with van der Waals surface area (Å²) in [6.45, 7) is 4.45. The van der Waals surface area contributed by atoms with Crippen LogP contribution < -0.4 is 5.32 Å². The quantitative estimate of drug-likeness (QED) is 0.126. The van der Waals surface area contributed by atoms with Gasteiger partial charge in [0.15, 0.2) is 23.3 Å². The standard InChI is InChI=1S/C22H18FN7O3.C11H6FN5O3.C11H14N2O.ClH/c23-16-13-25-20(30-7-6-26-27-30)18-17(16)15(12-24-18)19(31)22(33)29-10-8-28(9-11-29)21(32)14-4-2-1-3-5-14;12-6-4-14-10(17-2-1-15-16-17)8-7(6)5(3-13-8)9(18)11(19)20;14-11(10-4-2-1-3-5-10)13-8-6-12-7-9-13;/h1-7,12-13,24H,8-11H2;1-4,13H,(H,19,20);1-5,12H,6-9H2;1H. The molecule has 0 saturated carbocycles. The van der Waals surface area contributed by atoms with Gasteiger partial charge in [-0.2, -0.15) is 0 Å². The summed E-state index contributed by atoms with van der Waals surface area (Å²) in [4.78, 5) is 90.9. The van der Waals surface area contributed by atoms with Gasteiger partial charge in [0.05, 0.1) is 70.1 Å². The number of hydrogen-bond acceptors (Lipinski definition) is 13. The van der Waals surface area contributed by atoms with Crippen LogP contribution >= 0.6 is 12.4 Å². The van der Waals surface area contributed by atoms with Gasteiger partial charge in [-0.15, -0.1) is 22.6 Å². The molecule has 0 bridgehead atoms. The van der Waals surface area contributed by atoms with Gasteiger partial charge >= 0.3 is 5.97 Å². The fourth-order valence-corrected chi connectivity index (χ4v) is 7.42. The fourth-order valence-electron chi connectivity index (χ4n) is 7.42. The number of carboxylic acid groups (broad SMARTS) is 1. The third-order valence-corrected chi connectivity index (χ3v) is 10.7. The Hall–Kier alpha value is -8.57. The Bertz CT molecular complexity index is 3080. The number of aromatic nitrogens is 10. The van der Waals surface area contributed by atoms with Crippen molar-refractivity contribution in [1.29, 1.82) is 0 Å². The Kier molecular flexibility index (Phi) is 14.7. The maximum atomic E-state index is 14.6. The van der Waals surface area contributed by atoms with E-state index in [-0.39, 0.29) is 81.9 Å². The molecule has 2 aromatic carbocycles. The molecule has 3 amide bonds. The minimum atomic E-state index is -1.66. The van der Waals surface area contributed by atoms with Crippen molar-refractivity contribution in [1.82, 2.24) is 69.9 Å². The number of hydrogen-bond donors (Lipinski definition) is 4. The zero-order valence-electron chi connectivity index (χ0n) is 35.5. The molecule has 8 aromatic rings. The van der Waals surface area contributed by atoms with Crippen molar-refractivity contribution in [2.75, 3.05) is 52.4 Å². The van der Waals surface area contributed by atoms with Crippen LogP contribution in [-0.2, 0) is 9.59 Å². The van der Waals surface area contributed by atoms with E-state index >= 15 is 0 Å². The zero-order valence-corrected chi connectivity index (χ0v) is 36.3. The topological polar surface area (TPSA) is 263 Å². The van der Waals surface area contributed by atoms with Crippen LogP contribution in [-0.4, -0.2) is 157 Å². The lowest BCUT2D eigenvalue weighted by atomic mass is 10.1. The Balaban J connectivity index is 0.000000166. The lowest BCUT2D eigenvalue weighted by molar-refractivity contribution is -0.131. The number of H-pyrrole nitrogens is 2. The summed E-state index contributed by atoms with van der Waals surface area (Å²) in [6.07, 6.45) is 10.2. The van der Waals surface area contributed by atoms with Crippen LogP contribution in [0.1, 0.15) is 41.4 Å². The van der Waals surface area contributed by atoms with Crippen LogP contribution in [0.25, 0.3) is 33.4 Å². The van der Waals surface area contributed by atoms with E-state index in [4.69, 9.17) is 5.11 Å². The molecule has 2 aliphatic rings. The predicted molar refractivity (Wildman–Crippen MR) is 240 cm³/mol. The number of aliphatic carboxylic acids is 1. The lowest BCUT2D eigenvalue weighted by Gasteiger charge is -2.34. The second-order valence-electron chi connectivity index (χ2n) is 14.8. The van der Waals surface area contributed by atoms with Crippen LogP contribution in [0, 0.1) is 11.6 Å². The molecule has 0 unspecified atom stereocenters.